The lowest BCUT2D eigenvalue weighted by atomic mass is 9.90. The molecule has 0 aliphatic carbocycles. The molecule has 2 fully saturated rings. The van der Waals surface area contributed by atoms with E-state index in [4.69, 9.17) is 9.15 Å². The fourth-order valence-electron chi connectivity index (χ4n) is 4.07. The molecule has 3 heterocycles. The number of nitrogens with zero attached hydrogens (tertiary/aromatic N) is 1. The van der Waals surface area contributed by atoms with Gasteiger partial charge in [-0.3, -0.25) is 4.79 Å². The van der Waals surface area contributed by atoms with Gasteiger partial charge in [0.2, 0.25) is 0 Å². The summed E-state index contributed by atoms with van der Waals surface area (Å²) in [5.41, 5.74) is 0.0836. The lowest BCUT2D eigenvalue weighted by Crippen LogP contribution is -2.57. The maximum Gasteiger partial charge on any atom is 0.349 e. The summed E-state index contributed by atoms with van der Waals surface area (Å²) in [6, 6.07) is 1.86. The Labute approximate surface area is 154 Å². The van der Waals surface area contributed by atoms with Crippen molar-refractivity contribution >= 4 is 5.91 Å². The van der Waals surface area contributed by atoms with Crippen molar-refractivity contribution in [1.29, 1.82) is 0 Å². The lowest BCUT2D eigenvalue weighted by Gasteiger charge is -2.45. The number of nitrogens with one attached hydrogen (secondary N) is 1. The van der Waals surface area contributed by atoms with E-state index in [0.717, 1.165) is 38.8 Å². The zero-order chi connectivity index (χ0) is 18.7. The number of hydrogen-bond acceptors (Lipinski definition) is 5. The standard InChI is InChI=1S/C20H30N2O4/c1-4-5-14(2)16-12-15(3)17(19(24)26-16)18(23)22-10-11-25-20(13-22)6-8-21-9-7-20/h12,14,21H,4-11,13H2,1-3H3. The monoisotopic (exact) mass is 362 g/mol. The molecular weight excluding hydrogens is 332 g/mol. The Morgan fingerprint density at radius 1 is 1.38 bits per heavy atom. The normalized spacial score (nSPS) is 21.0. The average Bonchev–Trinajstić information content (AvgIpc) is 2.62. The summed E-state index contributed by atoms with van der Waals surface area (Å²) in [6.07, 6.45) is 3.75. The van der Waals surface area contributed by atoms with E-state index >= 15 is 0 Å². The van der Waals surface area contributed by atoms with Crippen molar-refractivity contribution < 1.29 is 13.9 Å². The van der Waals surface area contributed by atoms with Crippen LogP contribution >= 0.6 is 0 Å². The lowest BCUT2D eigenvalue weighted by molar-refractivity contribution is -0.114. The molecule has 1 N–H and O–H groups in total. The van der Waals surface area contributed by atoms with Gasteiger partial charge in [0.1, 0.15) is 11.3 Å². The molecule has 144 valence electrons. The van der Waals surface area contributed by atoms with E-state index in [1.807, 2.05) is 19.9 Å². The third-order valence-electron chi connectivity index (χ3n) is 5.64. The Morgan fingerprint density at radius 3 is 2.77 bits per heavy atom. The molecule has 0 aromatic carbocycles. The highest BCUT2D eigenvalue weighted by molar-refractivity contribution is 5.95. The molecule has 3 rings (SSSR count). The van der Waals surface area contributed by atoms with Gasteiger partial charge in [0.25, 0.3) is 5.91 Å². The van der Waals surface area contributed by atoms with Gasteiger partial charge < -0.3 is 19.4 Å². The largest absolute Gasteiger partial charge is 0.427 e. The Hall–Kier alpha value is -1.66. The number of ether oxygens (including phenoxy) is 1. The second kappa shape index (κ2) is 7.92. The number of morpholine rings is 1. The van der Waals surface area contributed by atoms with E-state index in [1.54, 1.807) is 4.90 Å². The predicted molar refractivity (Wildman–Crippen MR) is 99.7 cm³/mol. The van der Waals surface area contributed by atoms with E-state index < -0.39 is 5.63 Å². The zero-order valence-electron chi connectivity index (χ0n) is 16.1. The topological polar surface area (TPSA) is 71.8 Å². The highest BCUT2D eigenvalue weighted by Gasteiger charge is 2.40. The van der Waals surface area contributed by atoms with E-state index in [2.05, 4.69) is 12.2 Å². The van der Waals surface area contributed by atoms with Crippen LogP contribution in [0.15, 0.2) is 15.3 Å². The van der Waals surface area contributed by atoms with E-state index in [1.165, 1.54) is 0 Å². The molecule has 1 spiro atoms. The van der Waals surface area contributed by atoms with E-state index in [0.29, 0.717) is 31.0 Å². The summed E-state index contributed by atoms with van der Waals surface area (Å²) in [4.78, 5) is 27.4. The first kappa shape index (κ1) is 19.1. The van der Waals surface area contributed by atoms with Crippen LogP contribution in [0.5, 0.6) is 0 Å². The van der Waals surface area contributed by atoms with Crippen LogP contribution in [0.25, 0.3) is 0 Å². The maximum absolute atomic E-state index is 13.1. The molecule has 1 unspecified atom stereocenters. The van der Waals surface area contributed by atoms with Crippen molar-refractivity contribution in [3.05, 3.63) is 33.4 Å². The Kier molecular flexibility index (Phi) is 5.82. The molecule has 1 aromatic heterocycles. The fourth-order valence-corrected chi connectivity index (χ4v) is 4.07. The molecule has 6 heteroatoms. The van der Waals surface area contributed by atoms with Crippen LogP contribution in [0.3, 0.4) is 0 Å². The number of piperidine rings is 1. The third-order valence-corrected chi connectivity index (χ3v) is 5.64. The van der Waals surface area contributed by atoms with Gasteiger partial charge in [-0.25, -0.2) is 4.79 Å². The summed E-state index contributed by atoms with van der Waals surface area (Å²) < 4.78 is 11.5. The Bertz CT molecular complexity index is 701. The summed E-state index contributed by atoms with van der Waals surface area (Å²) in [6.45, 7) is 9.34. The fraction of sp³-hybridized carbons (Fsp3) is 0.700. The minimum Gasteiger partial charge on any atom is -0.427 e. The van der Waals surface area contributed by atoms with Gasteiger partial charge in [0.15, 0.2) is 0 Å². The molecule has 2 aliphatic rings. The number of rotatable bonds is 4. The molecule has 2 saturated heterocycles. The third kappa shape index (κ3) is 3.86. The first-order valence-electron chi connectivity index (χ1n) is 9.74. The molecule has 1 amide bonds. The van der Waals surface area contributed by atoms with E-state index in [-0.39, 0.29) is 23.0 Å². The van der Waals surface area contributed by atoms with Crippen LogP contribution < -0.4 is 10.9 Å². The van der Waals surface area contributed by atoms with Crippen LogP contribution in [-0.2, 0) is 4.74 Å². The molecule has 26 heavy (non-hydrogen) atoms. The van der Waals surface area contributed by atoms with Crippen LogP contribution in [0.4, 0.5) is 0 Å². The summed E-state index contributed by atoms with van der Waals surface area (Å²) in [5.74, 6) is 0.617. The number of hydrogen-bond donors (Lipinski definition) is 1. The first-order chi connectivity index (χ1) is 12.5. The van der Waals surface area contributed by atoms with Crippen molar-refractivity contribution in [2.24, 2.45) is 0 Å². The van der Waals surface area contributed by atoms with Crippen LogP contribution in [0.1, 0.15) is 67.1 Å². The number of carbonyl (C=O) groups excluding carboxylic acids is 1. The van der Waals surface area contributed by atoms with Gasteiger partial charge in [-0.1, -0.05) is 20.3 Å². The Morgan fingerprint density at radius 2 is 2.12 bits per heavy atom. The maximum atomic E-state index is 13.1. The van der Waals surface area contributed by atoms with Crippen molar-refractivity contribution in [3.63, 3.8) is 0 Å². The molecule has 0 saturated carbocycles. The number of aryl methyl sites for hydroxylation is 1. The zero-order valence-corrected chi connectivity index (χ0v) is 16.1. The van der Waals surface area contributed by atoms with Gasteiger partial charge in [-0.2, -0.15) is 0 Å². The van der Waals surface area contributed by atoms with Crippen molar-refractivity contribution in [2.75, 3.05) is 32.8 Å². The molecular formula is C20H30N2O4. The highest BCUT2D eigenvalue weighted by Crippen LogP contribution is 2.28. The van der Waals surface area contributed by atoms with Crippen LogP contribution in [0, 0.1) is 6.92 Å². The van der Waals surface area contributed by atoms with Crippen molar-refractivity contribution in [2.45, 2.75) is 58.0 Å². The number of carbonyl (C=O) groups is 1. The van der Waals surface area contributed by atoms with Gasteiger partial charge >= 0.3 is 5.63 Å². The van der Waals surface area contributed by atoms with E-state index in [9.17, 15) is 9.59 Å². The second-order valence-corrected chi connectivity index (χ2v) is 7.69. The number of amides is 1. The molecule has 0 radical (unpaired) electrons. The van der Waals surface area contributed by atoms with Gasteiger partial charge in [0.05, 0.1) is 18.8 Å². The first-order valence-corrected chi connectivity index (χ1v) is 9.74. The van der Waals surface area contributed by atoms with Crippen molar-refractivity contribution in [3.8, 4) is 0 Å². The van der Waals surface area contributed by atoms with Crippen molar-refractivity contribution in [1.82, 2.24) is 10.2 Å². The quantitative estimate of drug-likeness (QED) is 0.891. The van der Waals surface area contributed by atoms with Crippen LogP contribution in [-0.4, -0.2) is 49.2 Å². The Balaban J connectivity index is 1.82. The second-order valence-electron chi connectivity index (χ2n) is 7.69. The molecule has 1 atom stereocenters. The summed E-state index contributed by atoms with van der Waals surface area (Å²) in [7, 11) is 0. The molecule has 1 aromatic rings. The minimum absolute atomic E-state index is 0.170. The van der Waals surface area contributed by atoms with Gasteiger partial charge in [-0.15, -0.1) is 0 Å². The molecule has 2 aliphatic heterocycles. The molecule has 6 nitrogen and oxygen atoms in total. The molecule has 0 bridgehead atoms. The predicted octanol–water partition coefficient (Wildman–Crippen LogP) is 2.45. The van der Waals surface area contributed by atoms with Gasteiger partial charge in [-0.05, 0) is 50.9 Å². The minimum atomic E-state index is -0.515. The van der Waals surface area contributed by atoms with Crippen LogP contribution in [0.2, 0.25) is 0 Å². The van der Waals surface area contributed by atoms with Gasteiger partial charge in [0, 0.05) is 12.5 Å². The average molecular weight is 362 g/mol. The smallest absolute Gasteiger partial charge is 0.349 e. The SMILES string of the molecule is CCCC(C)c1cc(C)c(C(=O)N2CCOC3(CCNCC3)C2)c(=O)o1. The summed E-state index contributed by atoms with van der Waals surface area (Å²) >= 11 is 0. The highest BCUT2D eigenvalue weighted by atomic mass is 16.5. The summed E-state index contributed by atoms with van der Waals surface area (Å²) in [5, 5.41) is 3.33.